The summed E-state index contributed by atoms with van der Waals surface area (Å²) in [4.78, 5) is 15.0. The number of hydrogen-bond acceptors (Lipinski definition) is 4. The second-order valence-electron chi connectivity index (χ2n) is 13.8. The van der Waals surface area contributed by atoms with Crippen LogP contribution in [0.5, 0.6) is 5.75 Å². The number of carbonyl (C=O) groups is 1. The highest BCUT2D eigenvalue weighted by Crippen LogP contribution is 2.63. The Hall–Kier alpha value is -2.44. The van der Waals surface area contributed by atoms with Crippen LogP contribution in [0, 0.1) is 23.2 Å². The van der Waals surface area contributed by atoms with Gasteiger partial charge in [0.05, 0.1) is 12.7 Å². The molecule has 236 valence electrons. The van der Waals surface area contributed by atoms with Crippen LogP contribution >= 0.6 is 0 Å². The molecular formula is C37H52FNO4. The first-order valence-corrected chi connectivity index (χ1v) is 16.8. The summed E-state index contributed by atoms with van der Waals surface area (Å²) in [5.74, 6) is 1.27. The number of aromatic hydroxyl groups is 1. The highest BCUT2D eigenvalue weighted by molar-refractivity contribution is 5.76. The van der Waals surface area contributed by atoms with Gasteiger partial charge in [0.1, 0.15) is 11.9 Å². The third kappa shape index (κ3) is 7.28. The summed E-state index contributed by atoms with van der Waals surface area (Å²) in [6, 6.07) is 15.9. The molecule has 0 spiro atoms. The third-order valence-electron chi connectivity index (χ3n) is 11.1. The van der Waals surface area contributed by atoms with E-state index in [1.807, 2.05) is 35.2 Å². The Bertz CT molecular complexity index is 1190. The van der Waals surface area contributed by atoms with Crippen LogP contribution in [0.2, 0.25) is 0 Å². The minimum absolute atomic E-state index is 0.139. The van der Waals surface area contributed by atoms with E-state index in [1.165, 1.54) is 5.56 Å². The smallest absolute Gasteiger partial charge is 0.222 e. The maximum atomic E-state index is 16.0. The number of unbranched alkanes of at least 4 members (excludes halogenated alkanes) is 3. The normalized spacial score (nSPS) is 29.5. The number of rotatable bonds is 14. The molecule has 1 amide bonds. The summed E-state index contributed by atoms with van der Waals surface area (Å²) in [5, 5.41) is 21.1. The molecule has 5 rings (SSSR count). The van der Waals surface area contributed by atoms with Gasteiger partial charge in [-0.1, -0.05) is 62.6 Å². The van der Waals surface area contributed by atoms with Gasteiger partial charge >= 0.3 is 0 Å². The predicted octanol–water partition coefficient (Wildman–Crippen LogP) is 7.23. The number of ether oxygens (including phenoxy) is 1. The van der Waals surface area contributed by atoms with Crippen molar-refractivity contribution in [3.8, 4) is 5.75 Å². The number of nitrogens with zero attached hydrogens (tertiary/aromatic N) is 1. The number of halogens is 1. The van der Waals surface area contributed by atoms with Crippen molar-refractivity contribution in [2.75, 3.05) is 26.8 Å². The molecule has 2 fully saturated rings. The SMILES string of the molecule is COCCN(CCCCCCC1Cc2cc(O)ccc2C2C(F)C[C@]3(C)C(O)CCC3C12)C(=O)CCCc1ccccc1. The third-order valence-corrected chi connectivity index (χ3v) is 11.1. The molecule has 43 heavy (non-hydrogen) atoms. The second kappa shape index (κ2) is 14.6. The van der Waals surface area contributed by atoms with E-state index in [4.69, 9.17) is 4.74 Å². The van der Waals surface area contributed by atoms with Gasteiger partial charge in [-0.15, -0.1) is 0 Å². The molecule has 7 atom stereocenters. The van der Waals surface area contributed by atoms with Gasteiger partial charge in [0, 0.05) is 32.5 Å². The summed E-state index contributed by atoms with van der Waals surface area (Å²) in [6.45, 7) is 4.07. The van der Waals surface area contributed by atoms with Crippen molar-refractivity contribution >= 4 is 5.91 Å². The molecule has 0 heterocycles. The molecule has 0 bridgehead atoms. The monoisotopic (exact) mass is 593 g/mol. The van der Waals surface area contributed by atoms with Crippen LogP contribution in [-0.2, 0) is 22.4 Å². The number of aliphatic hydroxyl groups excluding tert-OH is 1. The van der Waals surface area contributed by atoms with E-state index in [0.717, 1.165) is 81.9 Å². The average Bonchev–Trinajstić information content (AvgIpc) is 3.29. The Kier molecular flexibility index (Phi) is 10.8. The number of aliphatic hydroxyl groups is 1. The van der Waals surface area contributed by atoms with Gasteiger partial charge < -0.3 is 19.8 Å². The zero-order chi connectivity index (χ0) is 30.4. The van der Waals surface area contributed by atoms with Gasteiger partial charge in [-0.2, -0.15) is 0 Å². The largest absolute Gasteiger partial charge is 0.508 e. The van der Waals surface area contributed by atoms with Crippen molar-refractivity contribution < 1.29 is 24.1 Å². The maximum Gasteiger partial charge on any atom is 0.222 e. The summed E-state index contributed by atoms with van der Waals surface area (Å²) in [7, 11) is 1.68. The van der Waals surface area contributed by atoms with Crippen molar-refractivity contribution in [2.45, 2.75) is 102 Å². The molecule has 0 radical (unpaired) electrons. The molecule has 3 aliphatic rings. The van der Waals surface area contributed by atoms with E-state index in [2.05, 4.69) is 19.1 Å². The van der Waals surface area contributed by atoms with Gasteiger partial charge in [-0.3, -0.25) is 4.79 Å². The van der Waals surface area contributed by atoms with Gasteiger partial charge in [0.25, 0.3) is 0 Å². The first-order chi connectivity index (χ1) is 20.8. The molecule has 6 heteroatoms. The van der Waals surface area contributed by atoms with Crippen LogP contribution in [0.4, 0.5) is 4.39 Å². The fraction of sp³-hybridized carbons (Fsp3) is 0.649. The van der Waals surface area contributed by atoms with Gasteiger partial charge in [-0.25, -0.2) is 4.39 Å². The van der Waals surface area contributed by atoms with Crippen molar-refractivity contribution in [1.29, 1.82) is 0 Å². The fourth-order valence-electron chi connectivity index (χ4n) is 8.91. The molecule has 2 aromatic rings. The van der Waals surface area contributed by atoms with E-state index in [-0.39, 0.29) is 28.9 Å². The molecule has 2 N–H and O–H groups in total. The minimum Gasteiger partial charge on any atom is -0.508 e. The molecular weight excluding hydrogens is 541 g/mol. The number of alkyl halides is 1. The van der Waals surface area contributed by atoms with Crippen LogP contribution in [0.1, 0.15) is 93.7 Å². The molecule has 0 aromatic heterocycles. The summed E-state index contributed by atoms with van der Waals surface area (Å²) in [6.07, 6.45) is 9.25. The summed E-state index contributed by atoms with van der Waals surface area (Å²) >= 11 is 0. The maximum absolute atomic E-state index is 16.0. The zero-order valence-corrected chi connectivity index (χ0v) is 26.2. The second-order valence-corrected chi connectivity index (χ2v) is 13.8. The van der Waals surface area contributed by atoms with Crippen LogP contribution < -0.4 is 0 Å². The van der Waals surface area contributed by atoms with Crippen LogP contribution in [0.25, 0.3) is 0 Å². The molecule has 3 aliphatic carbocycles. The number of benzene rings is 2. The Labute approximate surface area is 257 Å². The lowest BCUT2D eigenvalue weighted by Gasteiger charge is -2.54. The Morgan fingerprint density at radius 3 is 2.63 bits per heavy atom. The van der Waals surface area contributed by atoms with E-state index in [1.54, 1.807) is 13.2 Å². The van der Waals surface area contributed by atoms with Crippen LogP contribution in [0.15, 0.2) is 48.5 Å². The molecule has 0 aliphatic heterocycles. The molecule has 2 saturated carbocycles. The van der Waals surface area contributed by atoms with Crippen molar-refractivity contribution in [1.82, 2.24) is 4.90 Å². The predicted molar refractivity (Wildman–Crippen MR) is 169 cm³/mol. The van der Waals surface area contributed by atoms with E-state index < -0.39 is 12.3 Å². The number of amides is 1. The number of phenols is 1. The van der Waals surface area contributed by atoms with E-state index in [9.17, 15) is 15.0 Å². The van der Waals surface area contributed by atoms with Crippen LogP contribution in [-0.4, -0.2) is 60.1 Å². The first kappa shape index (κ1) is 32.0. The summed E-state index contributed by atoms with van der Waals surface area (Å²) < 4.78 is 21.3. The number of phenolic OH excluding ortho intramolecular Hbond substituents is 1. The van der Waals surface area contributed by atoms with Gasteiger partial charge in [0.15, 0.2) is 0 Å². The van der Waals surface area contributed by atoms with Crippen LogP contribution in [0.3, 0.4) is 0 Å². The quantitative estimate of drug-likeness (QED) is 0.227. The Morgan fingerprint density at radius 2 is 1.84 bits per heavy atom. The highest BCUT2D eigenvalue weighted by atomic mass is 19.1. The lowest BCUT2D eigenvalue weighted by atomic mass is 9.51. The standard InChI is InChI=1S/C37H52FNO4/c1-37-25-32(38)36-30-17-16-29(40)24-28(30)23-27(35(36)31(37)18-19-33(37)41)14-8-3-4-9-20-39(21-22-43-2)34(42)15-10-13-26-11-6-5-7-12-26/h5-7,11-12,16-17,24,27,31-33,35-36,40-41H,3-4,8-10,13-15,18-23,25H2,1-2H3/t27?,31?,32?,33?,35?,36?,37-/m0/s1. The van der Waals surface area contributed by atoms with Gasteiger partial charge in [-0.05, 0) is 103 Å². The number of aryl methyl sites for hydroxylation is 1. The molecule has 5 nitrogen and oxygen atoms in total. The molecule has 2 aromatic carbocycles. The lowest BCUT2D eigenvalue weighted by molar-refractivity contribution is -0.132. The Morgan fingerprint density at radius 1 is 1.05 bits per heavy atom. The fourth-order valence-corrected chi connectivity index (χ4v) is 8.91. The number of hydrogen-bond donors (Lipinski definition) is 2. The van der Waals surface area contributed by atoms with Crippen molar-refractivity contribution in [3.05, 3.63) is 65.2 Å². The van der Waals surface area contributed by atoms with Gasteiger partial charge in [0.2, 0.25) is 5.91 Å². The highest BCUT2D eigenvalue weighted by Gasteiger charge is 2.59. The number of fused-ring (bicyclic) bond motifs is 5. The zero-order valence-electron chi connectivity index (χ0n) is 26.2. The first-order valence-electron chi connectivity index (χ1n) is 16.8. The number of carbonyl (C=O) groups excluding carboxylic acids is 1. The summed E-state index contributed by atoms with van der Waals surface area (Å²) in [5.41, 5.74) is 3.12. The van der Waals surface area contributed by atoms with E-state index in [0.29, 0.717) is 37.8 Å². The average molecular weight is 594 g/mol. The van der Waals surface area contributed by atoms with Crippen molar-refractivity contribution in [3.63, 3.8) is 0 Å². The topological polar surface area (TPSA) is 70.0 Å². The molecule has 0 saturated heterocycles. The molecule has 6 unspecified atom stereocenters. The Balaban J connectivity index is 1.13. The minimum atomic E-state index is -0.964. The number of methoxy groups -OCH3 is 1. The lowest BCUT2D eigenvalue weighted by Crippen LogP contribution is -2.51. The van der Waals surface area contributed by atoms with E-state index >= 15 is 4.39 Å². The van der Waals surface area contributed by atoms with Crippen molar-refractivity contribution in [2.24, 2.45) is 23.2 Å².